The molecule has 0 bridgehead atoms. The van der Waals surface area contributed by atoms with E-state index in [1.807, 2.05) is 13.0 Å². The smallest absolute Gasteiger partial charge is 0.267 e. The largest absolute Gasteiger partial charge is 0.480 e. The number of thiazole rings is 1. The number of amides is 2. The highest BCUT2D eigenvalue weighted by Crippen LogP contribution is 2.36. The number of piperidine rings is 1. The molecule has 44 heavy (non-hydrogen) atoms. The van der Waals surface area contributed by atoms with Gasteiger partial charge in [-0.15, -0.1) is 11.3 Å². The molecule has 1 saturated heterocycles. The Hall–Kier alpha value is -4.79. The highest BCUT2D eigenvalue weighted by atomic mass is 32.1. The summed E-state index contributed by atoms with van der Waals surface area (Å²) in [6.45, 7) is 3.09. The number of hydrogen-bond donors (Lipinski definition) is 3. The Morgan fingerprint density at radius 1 is 1.14 bits per heavy atom. The van der Waals surface area contributed by atoms with Crippen molar-refractivity contribution in [3.8, 4) is 23.1 Å². The number of ether oxygens (including phenoxy) is 2. The van der Waals surface area contributed by atoms with Gasteiger partial charge < -0.3 is 31.2 Å². The van der Waals surface area contributed by atoms with Gasteiger partial charge in [-0.2, -0.15) is 5.10 Å². The van der Waals surface area contributed by atoms with Crippen molar-refractivity contribution < 1.29 is 23.9 Å². The molecular weight excluding hydrogens is 586 g/mol. The molecule has 2 amide bonds. The van der Waals surface area contributed by atoms with Crippen molar-refractivity contribution >= 4 is 46.0 Å². The van der Waals surface area contributed by atoms with Gasteiger partial charge in [-0.05, 0) is 50.8 Å². The van der Waals surface area contributed by atoms with Crippen LogP contribution in [0.4, 0.5) is 11.5 Å². The lowest BCUT2D eigenvalue weighted by atomic mass is 9.96. The van der Waals surface area contributed by atoms with E-state index in [1.165, 1.54) is 24.8 Å². The predicted molar refractivity (Wildman–Crippen MR) is 163 cm³/mol. The van der Waals surface area contributed by atoms with Gasteiger partial charge >= 0.3 is 0 Å². The van der Waals surface area contributed by atoms with Crippen molar-refractivity contribution in [2.24, 2.45) is 5.73 Å². The fraction of sp³-hybridized carbons (Fsp3) is 0.414. The number of ketones is 1. The van der Waals surface area contributed by atoms with Crippen LogP contribution in [-0.2, 0) is 4.79 Å². The van der Waals surface area contributed by atoms with E-state index >= 15 is 0 Å². The summed E-state index contributed by atoms with van der Waals surface area (Å²) in [4.78, 5) is 52.7. The van der Waals surface area contributed by atoms with Gasteiger partial charge in [-0.1, -0.05) is 0 Å². The monoisotopic (exact) mass is 619 g/mol. The predicted octanol–water partition coefficient (Wildman–Crippen LogP) is 2.54. The number of carbonyl (C=O) groups excluding carboxylic acids is 3. The zero-order chi connectivity index (χ0) is 31.0. The standard InChI is InChI=1S/C29H33N9O5S/c1-15-34-29(43-18-7-5-17(39)6-8-18)24(44-15)27(41)35-16-4-3-11-37(13-16)22-12-21(38-23(22)25(30)32-14-33-38)20-10-9-19(26(31)40)28(36-20)42-2/h9-10,12,14,16,18H,3-8,11,13H2,1-2H3,(H2,31,40)(H,35,41)(H2,30,32,33). The van der Waals surface area contributed by atoms with Crippen LogP contribution in [0.1, 0.15) is 63.6 Å². The molecule has 1 saturated carbocycles. The van der Waals surface area contributed by atoms with Gasteiger partial charge in [0.05, 0.1) is 29.2 Å². The Kier molecular flexibility index (Phi) is 8.03. The van der Waals surface area contributed by atoms with Crippen molar-refractivity contribution in [1.29, 1.82) is 0 Å². The van der Waals surface area contributed by atoms with Crippen molar-refractivity contribution in [2.75, 3.05) is 30.8 Å². The van der Waals surface area contributed by atoms with Gasteiger partial charge in [-0.3, -0.25) is 14.4 Å². The zero-order valence-electron chi connectivity index (χ0n) is 24.4. The van der Waals surface area contributed by atoms with Gasteiger partial charge in [0.15, 0.2) is 10.7 Å². The number of primary amides is 1. The Morgan fingerprint density at radius 3 is 2.68 bits per heavy atom. The molecule has 1 aliphatic carbocycles. The third-order valence-electron chi connectivity index (χ3n) is 7.92. The normalized spacial score (nSPS) is 17.5. The molecule has 2 aliphatic rings. The maximum Gasteiger partial charge on any atom is 0.267 e. The van der Waals surface area contributed by atoms with E-state index in [0.29, 0.717) is 65.7 Å². The summed E-state index contributed by atoms with van der Waals surface area (Å²) < 4.78 is 13.1. The highest BCUT2D eigenvalue weighted by Gasteiger charge is 2.30. The molecule has 1 aliphatic heterocycles. The quantitative estimate of drug-likeness (QED) is 0.262. The van der Waals surface area contributed by atoms with E-state index in [4.69, 9.17) is 20.9 Å². The van der Waals surface area contributed by atoms with Crippen LogP contribution in [0.2, 0.25) is 0 Å². The number of rotatable bonds is 8. The minimum atomic E-state index is -0.646. The zero-order valence-corrected chi connectivity index (χ0v) is 25.2. The van der Waals surface area contributed by atoms with Gasteiger partial charge in [-0.25, -0.2) is 19.5 Å². The number of Topliss-reactive ketones (excluding diaryl/α,β-unsaturated/α-hetero) is 1. The molecule has 230 valence electrons. The molecule has 4 aromatic rings. The number of aromatic nitrogens is 5. The second kappa shape index (κ2) is 12.1. The molecule has 5 heterocycles. The summed E-state index contributed by atoms with van der Waals surface area (Å²) in [5.74, 6) is 0.0860. The van der Waals surface area contributed by atoms with Crippen LogP contribution in [0.5, 0.6) is 11.8 Å². The summed E-state index contributed by atoms with van der Waals surface area (Å²) in [6.07, 6.45) is 5.09. The van der Waals surface area contributed by atoms with E-state index in [1.54, 1.807) is 16.6 Å². The Labute approximate surface area is 256 Å². The fourth-order valence-corrected chi connectivity index (χ4v) is 6.54. The van der Waals surface area contributed by atoms with E-state index in [-0.39, 0.29) is 35.3 Å². The lowest BCUT2D eigenvalue weighted by Crippen LogP contribution is -2.47. The summed E-state index contributed by atoms with van der Waals surface area (Å²) in [5, 5.41) is 8.35. The SMILES string of the molecule is COc1nc(-c2cc(N3CCCC(NC(=O)c4sc(C)nc4OC4CCC(=O)CC4)C3)c3c(N)ncnn23)ccc1C(N)=O. The van der Waals surface area contributed by atoms with Crippen molar-refractivity contribution in [2.45, 2.75) is 57.6 Å². The lowest BCUT2D eigenvalue weighted by Gasteiger charge is -2.34. The number of pyridine rings is 1. The number of nitrogens with two attached hydrogens (primary N) is 2. The van der Waals surface area contributed by atoms with Crippen molar-refractivity contribution in [3.05, 3.63) is 40.0 Å². The topological polar surface area (TPSA) is 193 Å². The molecule has 0 spiro atoms. The third-order valence-corrected chi connectivity index (χ3v) is 8.87. The van der Waals surface area contributed by atoms with Gasteiger partial charge in [0, 0.05) is 32.0 Å². The van der Waals surface area contributed by atoms with Crippen LogP contribution >= 0.6 is 11.3 Å². The van der Waals surface area contributed by atoms with Crippen molar-refractivity contribution in [3.63, 3.8) is 0 Å². The number of aryl methyl sites for hydroxylation is 1. The molecule has 0 aromatic carbocycles. The van der Waals surface area contributed by atoms with E-state index in [0.717, 1.165) is 30.1 Å². The number of methoxy groups -OCH3 is 1. The Balaban J connectivity index is 1.24. The van der Waals surface area contributed by atoms with Crippen LogP contribution in [-0.4, -0.2) is 74.5 Å². The molecule has 4 aromatic heterocycles. The number of nitrogens with one attached hydrogen (secondary N) is 1. The fourth-order valence-electron chi connectivity index (χ4n) is 5.78. The third kappa shape index (κ3) is 5.74. The van der Waals surface area contributed by atoms with E-state index < -0.39 is 5.91 Å². The summed E-state index contributed by atoms with van der Waals surface area (Å²) >= 11 is 1.30. The van der Waals surface area contributed by atoms with E-state index in [2.05, 4.69) is 30.3 Å². The van der Waals surface area contributed by atoms with Crippen LogP contribution in [0.15, 0.2) is 24.5 Å². The van der Waals surface area contributed by atoms with Crippen LogP contribution in [0, 0.1) is 6.92 Å². The van der Waals surface area contributed by atoms with E-state index in [9.17, 15) is 14.4 Å². The van der Waals surface area contributed by atoms with Gasteiger partial charge in [0.25, 0.3) is 11.8 Å². The number of nitrogens with zero attached hydrogens (tertiary/aromatic N) is 6. The summed E-state index contributed by atoms with van der Waals surface area (Å²) in [7, 11) is 1.42. The second-order valence-corrected chi connectivity index (χ2v) is 12.1. The molecule has 15 heteroatoms. The molecule has 0 radical (unpaired) electrons. The minimum absolute atomic E-state index is 0.105. The van der Waals surface area contributed by atoms with Gasteiger partial charge in [0.1, 0.15) is 29.3 Å². The number of nitrogen functional groups attached to an aromatic ring is 1. The number of fused-ring (bicyclic) bond motifs is 1. The molecule has 5 N–H and O–H groups in total. The van der Waals surface area contributed by atoms with Crippen LogP contribution < -0.4 is 31.2 Å². The maximum atomic E-state index is 13.5. The molecule has 1 unspecified atom stereocenters. The maximum absolute atomic E-state index is 13.5. The summed E-state index contributed by atoms with van der Waals surface area (Å²) in [6, 6.07) is 5.00. The second-order valence-electron chi connectivity index (χ2n) is 10.9. The van der Waals surface area contributed by atoms with Gasteiger partial charge in [0.2, 0.25) is 11.8 Å². The van der Waals surface area contributed by atoms with Crippen molar-refractivity contribution in [1.82, 2.24) is 29.9 Å². The molecule has 2 fully saturated rings. The number of carbonyl (C=O) groups is 3. The summed E-state index contributed by atoms with van der Waals surface area (Å²) in [5.41, 5.74) is 14.5. The minimum Gasteiger partial charge on any atom is -0.480 e. The molecular formula is C29H33N9O5S. The van der Waals surface area contributed by atoms with Crippen LogP contribution in [0.25, 0.3) is 16.9 Å². The molecule has 14 nitrogen and oxygen atoms in total. The highest BCUT2D eigenvalue weighted by molar-refractivity contribution is 7.13. The number of hydrogen-bond acceptors (Lipinski definition) is 12. The Bertz CT molecular complexity index is 1740. The average molecular weight is 620 g/mol. The first kappa shape index (κ1) is 29.3. The Morgan fingerprint density at radius 2 is 1.93 bits per heavy atom. The molecule has 6 rings (SSSR count). The first-order valence-electron chi connectivity index (χ1n) is 14.4. The first-order valence-corrected chi connectivity index (χ1v) is 15.2. The molecule has 1 atom stereocenters. The first-order chi connectivity index (χ1) is 21.2. The average Bonchev–Trinajstić information content (AvgIpc) is 3.59. The number of anilines is 2. The van der Waals surface area contributed by atoms with Crippen LogP contribution in [0.3, 0.4) is 0 Å². The lowest BCUT2D eigenvalue weighted by molar-refractivity contribution is -0.121.